The van der Waals surface area contributed by atoms with Crippen LogP contribution in [0, 0.1) is 0 Å². The highest BCUT2D eigenvalue weighted by Gasteiger charge is 2.04. The van der Waals surface area contributed by atoms with Crippen LogP contribution in [0.25, 0.3) is 11.1 Å². The van der Waals surface area contributed by atoms with Crippen LogP contribution in [0.5, 0.6) is 0 Å². The van der Waals surface area contributed by atoms with Gasteiger partial charge in [0.05, 0.1) is 25.5 Å². The fourth-order valence-corrected chi connectivity index (χ4v) is 1.60. The van der Waals surface area contributed by atoms with Gasteiger partial charge in [0.15, 0.2) is 0 Å². The van der Waals surface area contributed by atoms with Gasteiger partial charge in [0, 0.05) is 30.1 Å². The molecule has 0 atom stereocenters. The Hall–Kier alpha value is -1.62. The zero-order valence-corrected chi connectivity index (χ0v) is 9.37. The average molecular weight is 220 g/mol. The summed E-state index contributed by atoms with van der Waals surface area (Å²) in [4.78, 5) is 0. The van der Waals surface area contributed by atoms with E-state index in [1.165, 1.54) is 0 Å². The van der Waals surface area contributed by atoms with Crippen LogP contribution in [0.4, 0.5) is 0 Å². The van der Waals surface area contributed by atoms with Gasteiger partial charge in [-0.25, -0.2) is 0 Å². The first kappa shape index (κ1) is 10.9. The summed E-state index contributed by atoms with van der Waals surface area (Å²) in [6.07, 6.45) is 8.65. The Kier molecular flexibility index (Phi) is 3.36. The van der Waals surface area contributed by atoms with Gasteiger partial charge in [0.2, 0.25) is 0 Å². The fraction of sp³-hybridized carbons (Fsp3) is 0.455. The van der Waals surface area contributed by atoms with Crippen LogP contribution in [0.3, 0.4) is 0 Å². The van der Waals surface area contributed by atoms with E-state index < -0.39 is 0 Å². The molecule has 0 radical (unpaired) electrons. The standard InChI is InChI=1S/C11H16N4O/c1-2-3-14-8-10(6-12-14)11-7-13-15(9-11)4-5-16/h6-9,16H,2-5H2,1H3. The van der Waals surface area contributed by atoms with Crippen LogP contribution in [0.2, 0.25) is 0 Å². The first-order valence-electron chi connectivity index (χ1n) is 5.49. The van der Waals surface area contributed by atoms with E-state index in [-0.39, 0.29) is 6.61 Å². The Labute approximate surface area is 94.3 Å². The van der Waals surface area contributed by atoms with Gasteiger partial charge in [-0.2, -0.15) is 10.2 Å². The van der Waals surface area contributed by atoms with E-state index in [4.69, 9.17) is 5.11 Å². The molecule has 0 saturated heterocycles. The number of aromatic nitrogens is 4. The molecule has 0 aromatic carbocycles. The minimum Gasteiger partial charge on any atom is -0.394 e. The molecule has 2 rings (SSSR count). The minimum atomic E-state index is 0.107. The second kappa shape index (κ2) is 4.94. The highest BCUT2D eigenvalue weighted by molar-refractivity contribution is 5.59. The Bertz CT molecular complexity index is 404. The van der Waals surface area contributed by atoms with Crippen LogP contribution in [-0.4, -0.2) is 31.3 Å². The van der Waals surface area contributed by atoms with Crippen molar-refractivity contribution in [1.29, 1.82) is 0 Å². The third kappa shape index (κ3) is 2.30. The summed E-state index contributed by atoms with van der Waals surface area (Å²) in [5.74, 6) is 0. The number of hydrogen-bond acceptors (Lipinski definition) is 3. The summed E-state index contributed by atoms with van der Waals surface area (Å²) in [6.45, 7) is 3.70. The zero-order chi connectivity index (χ0) is 11.4. The molecular formula is C11H16N4O. The van der Waals surface area contributed by atoms with E-state index in [2.05, 4.69) is 17.1 Å². The Balaban J connectivity index is 2.14. The predicted molar refractivity (Wildman–Crippen MR) is 60.8 cm³/mol. The van der Waals surface area contributed by atoms with Gasteiger partial charge in [0.1, 0.15) is 0 Å². The number of aryl methyl sites for hydroxylation is 1. The smallest absolute Gasteiger partial charge is 0.0641 e. The summed E-state index contributed by atoms with van der Waals surface area (Å²) < 4.78 is 3.66. The van der Waals surface area contributed by atoms with E-state index in [0.29, 0.717) is 6.54 Å². The van der Waals surface area contributed by atoms with Crippen molar-refractivity contribution in [2.24, 2.45) is 0 Å². The molecule has 0 aliphatic heterocycles. The minimum absolute atomic E-state index is 0.107. The van der Waals surface area contributed by atoms with Crippen LogP contribution in [0.1, 0.15) is 13.3 Å². The normalized spacial score (nSPS) is 10.9. The summed E-state index contributed by atoms with van der Waals surface area (Å²) in [6, 6.07) is 0. The molecule has 16 heavy (non-hydrogen) atoms. The van der Waals surface area contributed by atoms with Crippen molar-refractivity contribution in [3.05, 3.63) is 24.8 Å². The van der Waals surface area contributed by atoms with Crippen molar-refractivity contribution < 1.29 is 5.11 Å². The molecule has 2 aromatic heterocycles. The van der Waals surface area contributed by atoms with Gasteiger partial charge in [-0.1, -0.05) is 6.92 Å². The number of nitrogens with zero attached hydrogens (tertiary/aromatic N) is 4. The highest BCUT2D eigenvalue weighted by atomic mass is 16.3. The Morgan fingerprint density at radius 3 is 2.12 bits per heavy atom. The van der Waals surface area contributed by atoms with Crippen molar-refractivity contribution in [3.8, 4) is 11.1 Å². The summed E-state index contributed by atoms with van der Waals surface area (Å²) in [5.41, 5.74) is 2.11. The maximum atomic E-state index is 8.80. The molecule has 0 amide bonds. The molecule has 5 nitrogen and oxygen atoms in total. The maximum Gasteiger partial charge on any atom is 0.0641 e. The van der Waals surface area contributed by atoms with Crippen LogP contribution in [0.15, 0.2) is 24.8 Å². The van der Waals surface area contributed by atoms with Crippen LogP contribution >= 0.6 is 0 Å². The summed E-state index contributed by atoms with van der Waals surface area (Å²) in [7, 11) is 0. The van der Waals surface area contributed by atoms with Crippen molar-refractivity contribution in [3.63, 3.8) is 0 Å². The molecule has 1 N–H and O–H groups in total. The van der Waals surface area contributed by atoms with Gasteiger partial charge < -0.3 is 5.11 Å². The lowest BCUT2D eigenvalue weighted by molar-refractivity contribution is 0.269. The quantitative estimate of drug-likeness (QED) is 0.822. The molecule has 0 fully saturated rings. The molecule has 0 aliphatic rings. The molecule has 0 saturated carbocycles. The van der Waals surface area contributed by atoms with Gasteiger partial charge in [-0.15, -0.1) is 0 Å². The van der Waals surface area contributed by atoms with Gasteiger partial charge in [-0.3, -0.25) is 9.36 Å². The largest absolute Gasteiger partial charge is 0.394 e. The van der Waals surface area contributed by atoms with E-state index in [9.17, 15) is 0 Å². The van der Waals surface area contributed by atoms with E-state index >= 15 is 0 Å². The number of aliphatic hydroxyl groups is 1. The molecule has 0 spiro atoms. The highest BCUT2D eigenvalue weighted by Crippen LogP contribution is 2.17. The molecule has 5 heteroatoms. The third-order valence-corrected chi connectivity index (χ3v) is 2.38. The van der Waals surface area contributed by atoms with Crippen LogP contribution < -0.4 is 0 Å². The molecule has 0 aliphatic carbocycles. The molecule has 0 bridgehead atoms. The summed E-state index contributed by atoms with van der Waals surface area (Å²) >= 11 is 0. The van der Waals surface area contributed by atoms with E-state index in [1.54, 1.807) is 10.9 Å². The molecule has 0 unspecified atom stereocenters. The average Bonchev–Trinajstić information content (AvgIpc) is 2.87. The summed E-state index contributed by atoms with van der Waals surface area (Å²) in [5, 5.41) is 17.2. The number of rotatable bonds is 5. The van der Waals surface area contributed by atoms with Crippen LogP contribution in [-0.2, 0) is 13.1 Å². The van der Waals surface area contributed by atoms with Crippen molar-refractivity contribution in [2.75, 3.05) is 6.61 Å². The van der Waals surface area contributed by atoms with Crippen molar-refractivity contribution in [2.45, 2.75) is 26.4 Å². The molecular weight excluding hydrogens is 204 g/mol. The number of hydrogen-bond donors (Lipinski definition) is 1. The van der Waals surface area contributed by atoms with Crippen molar-refractivity contribution >= 4 is 0 Å². The fourth-order valence-electron chi connectivity index (χ4n) is 1.60. The number of aliphatic hydroxyl groups excluding tert-OH is 1. The maximum absolute atomic E-state index is 8.80. The zero-order valence-electron chi connectivity index (χ0n) is 9.37. The SMILES string of the molecule is CCCn1cc(-c2cnn(CCO)c2)cn1. The van der Waals surface area contributed by atoms with Gasteiger partial charge in [-0.05, 0) is 6.42 Å². The molecule has 2 aromatic rings. The molecule has 86 valence electrons. The first-order chi connectivity index (χ1) is 7.83. The topological polar surface area (TPSA) is 55.9 Å². The third-order valence-electron chi connectivity index (χ3n) is 2.38. The second-order valence-electron chi connectivity index (χ2n) is 3.71. The first-order valence-corrected chi connectivity index (χ1v) is 5.49. The molecule has 2 heterocycles. The predicted octanol–water partition coefficient (Wildman–Crippen LogP) is 1.15. The van der Waals surface area contributed by atoms with Crippen molar-refractivity contribution in [1.82, 2.24) is 19.6 Å². The lowest BCUT2D eigenvalue weighted by atomic mass is 10.2. The lowest BCUT2D eigenvalue weighted by Gasteiger charge is -1.95. The lowest BCUT2D eigenvalue weighted by Crippen LogP contribution is -2.01. The Morgan fingerprint density at radius 2 is 1.62 bits per heavy atom. The van der Waals surface area contributed by atoms with E-state index in [0.717, 1.165) is 24.1 Å². The van der Waals surface area contributed by atoms with E-state index in [1.807, 2.05) is 23.3 Å². The Morgan fingerprint density at radius 1 is 1.06 bits per heavy atom. The van der Waals surface area contributed by atoms with Gasteiger partial charge >= 0.3 is 0 Å². The monoisotopic (exact) mass is 220 g/mol. The second-order valence-corrected chi connectivity index (χ2v) is 3.71. The van der Waals surface area contributed by atoms with Gasteiger partial charge in [0.25, 0.3) is 0 Å².